The highest BCUT2D eigenvalue weighted by atomic mass is 35.5. The SMILES string of the molecule is C=CC[C@@H](O)[C@]1(C)CC[C@H]1CN1CC2(CCCc3cc(Cl)ccc32)COc2ccc(C(=O)OC(C)(C)C)cc21. The second-order valence-corrected chi connectivity index (χ2v) is 13.5. The molecule has 4 atom stereocenters. The molecule has 1 fully saturated rings. The van der Waals surface area contributed by atoms with Crippen molar-refractivity contribution < 1.29 is 19.4 Å². The van der Waals surface area contributed by atoms with Gasteiger partial charge in [-0.05, 0) is 112 Å². The molecule has 2 aromatic rings. The van der Waals surface area contributed by atoms with Crippen LogP contribution in [0.25, 0.3) is 0 Å². The Hall–Kier alpha value is -2.50. The van der Waals surface area contributed by atoms with Gasteiger partial charge in [-0.3, -0.25) is 0 Å². The number of anilines is 1. The molecule has 3 aliphatic rings. The van der Waals surface area contributed by atoms with Gasteiger partial charge < -0.3 is 19.5 Å². The highest BCUT2D eigenvalue weighted by Gasteiger charge is 2.49. The number of aryl methyl sites for hydroxylation is 1. The Morgan fingerprint density at radius 3 is 2.77 bits per heavy atom. The number of benzene rings is 2. The summed E-state index contributed by atoms with van der Waals surface area (Å²) >= 11 is 6.40. The van der Waals surface area contributed by atoms with Gasteiger partial charge in [0.05, 0.1) is 24.0 Å². The molecule has 2 aliphatic carbocycles. The first-order valence-corrected chi connectivity index (χ1v) is 14.6. The third kappa shape index (κ3) is 5.45. The van der Waals surface area contributed by atoms with E-state index in [1.807, 2.05) is 45.0 Å². The topological polar surface area (TPSA) is 59.0 Å². The molecule has 1 spiro atoms. The molecule has 5 rings (SSSR count). The average Bonchev–Trinajstić information content (AvgIpc) is 3.02. The Labute approximate surface area is 238 Å². The number of rotatable bonds is 6. The van der Waals surface area contributed by atoms with Crippen LogP contribution in [0.15, 0.2) is 49.1 Å². The third-order valence-electron chi connectivity index (χ3n) is 9.23. The number of esters is 1. The molecule has 39 heavy (non-hydrogen) atoms. The molecule has 0 bridgehead atoms. The van der Waals surface area contributed by atoms with Gasteiger partial charge in [-0.15, -0.1) is 6.58 Å². The van der Waals surface area contributed by atoms with E-state index in [-0.39, 0.29) is 16.8 Å². The van der Waals surface area contributed by atoms with Crippen molar-refractivity contribution in [2.75, 3.05) is 24.6 Å². The van der Waals surface area contributed by atoms with Crippen LogP contribution in [0.2, 0.25) is 5.02 Å². The van der Waals surface area contributed by atoms with E-state index in [0.717, 1.165) is 61.7 Å². The molecule has 1 aliphatic heterocycles. The number of hydrogen-bond acceptors (Lipinski definition) is 5. The van der Waals surface area contributed by atoms with E-state index >= 15 is 0 Å². The molecule has 0 amide bonds. The van der Waals surface area contributed by atoms with Crippen LogP contribution in [0.5, 0.6) is 5.75 Å². The van der Waals surface area contributed by atoms with Crippen molar-refractivity contribution in [3.8, 4) is 5.75 Å². The molecule has 0 radical (unpaired) electrons. The first-order valence-electron chi connectivity index (χ1n) is 14.3. The molecule has 0 saturated heterocycles. The molecule has 210 valence electrons. The Balaban J connectivity index is 1.54. The summed E-state index contributed by atoms with van der Waals surface area (Å²) in [5.41, 5.74) is 3.11. The van der Waals surface area contributed by atoms with E-state index < -0.39 is 11.7 Å². The highest BCUT2D eigenvalue weighted by molar-refractivity contribution is 6.30. The lowest BCUT2D eigenvalue weighted by molar-refractivity contribution is -0.0695. The van der Waals surface area contributed by atoms with Gasteiger partial charge in [0.1, 0.15) is 11.4 Å². The molecule has 2 aromatic carbocycles. The molecule has 0 aromatic heterocycles. The van der Waals surface area contributed by atoms with Crippen LogP contribution in [-0.2, 0) is 16.6 Å². The minimum atomic E-state index is -0.577. The van der Waals surface area contributed by atoms with E-state index in [1.54, 1.807) is 6.07 Å². The zero-order valence-electron chi connectivity index (χ0n) is 23.8. The molecule has 1 unspecified atom stereocenters. The zero-order valence-corrected chi connectivity index (χ0v) is 24.5. The van der Waals surface area contributed by atoms with Gasteiger partial charge in [-0.25, -0.2) is 4.79 Å². The fourth-order valence-electron chi connectivity index (χ4n) is 6.81. The van der Waals surface area contributed by atoms with E-state index in [2.05, 4.69) is 30.5 Å². The number of halogens is 1. The van der Waals surface area contributed by atoms with Crippen LogP contribution < -0.4 is 9.64 Å². The maximum atomic E-state index is 13.0. The smallest absolute Gasteiger partial charge is 0.338 e. The fraction of sp³-hybridized carbons (Fsp3) is 0.545. The summed E-state index contributed by atoms with van der Waals surface area (Å²) in [4.78, 5) is 15.5. The maximum Gasteiger partial charge on any atom is 0.338 e. The van der Waals surface area contributed by atoms with Gasteiger partial charge in [0.15, 0.2) is 0 Å². The lowest BCUT2D eigenvalue weighted by Crippen LogP contribution is -2.53. The summed E-state index contributed by atoms with van der Waals surface area (Å²) in [7, 11) is 0. The minimum Gasteiger partial charge on any atom is -0.490 e. The van der Waals surface area contributed by atoms with Gasteiger partial charge >= 0.3 is 5.97 Å². The Morgan fingerprint density at radius 1 is 1.28 bits per heavy atom. The molecule has 1 heterocycles. The Kier molecular flexibility index (Phi) is 7.54. The van der Waals surface area contributed by atoms with Crippen molar-refractivity contribution in [3.05, 3.63) is 70.8 Å². The Morgan fingerprint density at radius 2 is 2.08 bits per heavy atom. The van der Waals surface area contributed by atoms with Crippen molar-refractivity contribution >= 4 is 23.3 Å². The lowest BCUT2D eigenvalue weighted by atomic mass is 9.57. The van der Waals surface area contributed by atoms with Crippen molar-refractivity contribution in [3.63, 3.8) is 0 Å². The number of ether oxygens (including phenoxy) is 2. The van der Waals surface area contributed by atoms with Crippen molar-refractivity contribution in [2.24, 2.45) is 11.3 Å². The summed E-state index contributed by atoms with van der Waals surface area (Å²) in [6.07, 6.45) is 7.14. The van der Waals surface area contributed by atoms with Crippen LogP contribution in [0.1, 0.15) is 81.3 Å². The second kappa shape index (κ2) is 10.5. The average molecular weight is 552 g/mol. The number of hydrogen-bond donors (Lipinski definition) is 1. The fourth-order valence-corrected chi connectivity index (χ4v) is 7.01. The molecule has 5 nitrogen and oxygen atoms in total. The molecular formula is C33H42ClNO4. The third-order valence-corrected chi connectivity index (χ3v) is 9.46. The van der Waals surface area contributed by atoms with Crippen LogP contribution >= 0.6 is 11.6 Å². The van der Waals surface area contributed by atoms with Gasteiger partial charge in [0.2, 0.25) is 0 Å². The Bertz CT molecular complexity index is 1250. The largest absolute Gasteiger partial charge is 0.490 e. The van der Waals surface area contributed by atoms with E-state index in [0.29, 0.717) is 24.5 Å². The highest BCUT2D eigenvalue weighted by Crippen LogP contribution is 2.52. The molecule has 1 saturated carbocycles. The summed E-state index contributed by atoms with van der Waals surface area (Å²) in [6.45, 7) is 13.8. The predicted octanol–water partition coefficient (Wildman–Crippen LogP) is 7.12. The predicted molar refractivity (Wildman–Crippen MR) is 157 cm³/mol. The monoisotopic (exact) mass is 551 g/mol. The van der Waals surface area contributed by atoms with Crippen LogP contribution in [0.3, 0.4) is 0 Å². The standard InChI is InChI=1S/C33H42ClNO4/c1-6-8-29(36)32(5)16-14-24(32)19-35-20-33(15-7-9-22-17-25(34)11-12-26(22)33)21-38-28-13-10-23(18-27(28)35)30(37)39-31(2,3)4/h6,10-13,17-18,24,29,36H,1,7-9,14-16,19-21H2,2-5H3/t24-,29+,32+,33?/m0/s1. The van der Waals surface area contributed by atoms with Gasteiger partial charge in [0, 0.05) is 23.5 Å². The number of nitrogens with zero attached hydrogens (tertiary/aromatic N) is 1. The van der Waals surface area contributed by atoms with Crippen LogP contribution in [0, 0.1) is 11.3 Å². The number of carbonyl (C=O) groups excluding carboxylic acids is 1. The summed E-state index contributed by atoms with van der Waals surface area (Å²) in [6, 6.07) is 11.9. The van der Waals surface area contributed by atoms with Gasteiger partial charge in [-0.2, -0.15) is 0 Å². The molecule has 1 N–H and O–H groups in total. The normalized spacial score (nSPS) is 26.9. The lowest BCUT2D eigenvalue weighted by Gasteiger charge is -2.52. The van der Waals surface area contributed by atoms with Gasteiger partial charge in [-0.1, -0.05) is 30.7 Å². The minimum absolute atomic E-state index is 0.171. The summed E-state index contributed by atoms with van der Waals surface area (Å²) in [5.74, 6) is 0.763. The van der Waals surface area contributed by atoms with E-state index in [4.69, 9.17) is 21.1 Å². The van der Waals surface area contributed by atoms with Crippen LogP contribution in [-0.4, -0.2) is 42.5 Å². The molecule has 6 heteroatoms. The number of aliphatic hydroxyl groups is 1. The second-order valence-electron chi connectivity index (χ2n) is 13.1. The molecular weight excluding hydrogens is 510 g/mol. The van der Waals surface area contributed by atoms with Crippen LogP contribution in [0.4, 0.5) is 5.69 Å². The van der Waals surface area contributed by atoms with Crippen molar-refractivity contribution in [1.29, 1.82) is 0 Å². The maximum absolute atomic E-state index is 13.0. The zero-order chi connectivity index (χ0) is 28.0. The van der Waals surface area contributed by atoms with Crippen molar-refractivity contribution in [2.45, 2.75) is 83.3 Å². The summed E-state index contributed by atoms with van der Waals surface area (Å²) < 4.78 is 12.3. The first-order chi connectivity index (χ1) is 18.4. The van der Waals surface area contributed by atoms with E-state index in [9.17, 15) is 9.90 Å². The number of fused-ring (bicyclic) bond motifs is 3. The van der Waals surface area contributed by atoms with E-state index in [1.165, 1.54) is 11.1 Å². The summed E-state index contributed by atoms with van der Waals surface area (Å²) in [5, 5.41) is 11.8. The first kappa shape index (κ1) is 28.0. The van der Waals surface area contributed by atoms with Crippen molar-refractivity contribution in [1.82, 2.24) is 0 Å². The number of aliphatic hydroxyl groups excluding tert-OH is 1. The quantitative estimate of drug-likeness (QED) is 0.306. The number of carbonyl (C=O) groups is 1. The van der Waals surface area contributed by atoms with Gasteiger partial charge in [0.25, 0.3) is 0 Å².